The Morgan fingerprint density at radius 1 is 0.862 bits per heavy atom. The van der Waals surface area contributed by atoms with Crippen molar-refractivity contribution in [1.29, 1.82) is 0 Å². The molecule has 2 N–H and O–H groups in total. The molecule has 0 fully saturated rings. The molecule has 2 aromatic rings. The van der Waals surface area contributed by atoms with E-state index >= 15 is 0 Å². The monoisotopic (exact) mass is 402 g/mol. The van der Waals surface area contributed by atoms with Crippen molar-refractivity contribution in [3.63, 3.8) is 0 Å². The second-order valence-electron chi connectivity index (χ2n) is 8.13. The molecule has 0 radical (unpaired) electrons. The second kappa shape index (κ2) is 11.1. The second-order valence-corrected chi connectivity index (χ2v) is 8.13. The van der Waals surface area contributed by atoms with Crippen LogP contribution in [0.25, 0.3) is 0 Å². The lowest BCUT2D eigenvalue weighted by atomic mass is 9.87. The third-order valence-corrected chi connectivity index (χ3v) is 4.98. The van der Waals surface area contributed by atoms with Gasteiger partial charge in [0.25, 0.3) is 0 Å². The van der Waals surface area contributed by atoms with Crippen molar-refractivity contribution in [2.45, 2.75) is 58.5 Å². The molecule has 0 unspecified atom stereocenters. The number of nitrogens with one attached hydrogen (secondary N) is 2. The molecule has 0 saturated carbocycles. The minimum atomic E-state index is -0.281. The number of carbonyl (C=O) groups is 1. The van der Waals surface area contributed by atoms with Crippen molar-refractivity contribution < 1.29 is 13.6 Å². The summed E-state index contributed by atoms with van der Waals surface area (Å²) in [5.41, 5.74) is 1.96. The zero-order valence-electron chi connectivity index (χ0n) is 17.7. The Balaban J connectivity index is 2.00. The van der Waals surface area contributed by atoms with Crippen LogP contribution in [0.3, 0.4) is 0 Å². The Morgan fingerprint density at radius 3 is 1.76 bits per heavy atom. The molecule has 2 rings (SSSR count). The number of amides is 1. The molecule has 158 valence electrons. The van der Waals surface area contributed by atoms with Gasteiger partial charge in [-0.05, 0) is 54.2 Å². The van der Waals surface area contributed by atoms with Gasteiger partial charge in [-0.2, -0.15) is 0 Å². The van der Waals surface area contributed by atoms with Crippen molar-refractivity contribution in [2.24, 2.45) is 5.92 Å². The van der Waals surface area contributed by atoms with E-state index in [0.717, 1.165) is 24.0 Å². The van der Waals surface area contributed by atoms with Crippen molar-refractivity contribution in [2.75, 3.05) is 6.54 Å². The molecule has 1 amide bonds. The van der Waals surface area contributed by atoms with Gasteiger partial charge < -0.3 is 10.6 Å². The van der Waals surface area contributed by atoms with E-state index in [9.17, 15) is 13.6 Å². The summed E-state index contributed by atoms with van der Waals surface area (Å²) in [5, 5.41) is 6.33. The minimum Gasteiger partial charge on any atom is -0.355 e. The van der Waals surface area contributed by atoms with Crippen LogP contribution in [0, 0.1) is 17.6 Å². The molecular weight excluding hydrogens is 370 g/mol. The maximum atomic E-state index is 13.3. The van der Waals surface area contributed by atoms with E-state index in [1.54, 1.807) is 24.3 Å². The highest BCUT2D eigenvalue weighted by Gasteiger charge is 2.22. The van der Waals surface area contributed by atoms with Gasteiger partial charge in [0, 0.05) is 18.5 Å². The Labute approximate surface area is 172 Å². The Kier molecular flexibility index (Phi) is 8.77. The van der Waals surface area contributed by atoms with E-state index < -0.39 is 0 Å². The van der Waals surface area contributed by atoms with Gasteiger partial charge in [-0.25, -0.2) is 8.78 Å². The molecule has 0 aliphatic carbocycles. The first-order valence-electron chi connectivity index (χ1n) is 10.3. The van der Waals surface area contributed by atoms with Crippen LogP contribution in [0.1, 0.15) is 57.6 Å². The van der Waals surface area contributed by atoms with E-state index in [-0.39, 0.29) is 41.5 Å². The number of carbonyl (C=O) groups excluding carboxylic acids is 1. The molecule has 5 heteroatoms. The number of hydrogen-bond acceptors (Lipinski definition) is 2. The van der Waals surface area contributed by atoms with E-state index in [1.807, 2.05) is 27.7 Å². The van der Waals surface area contributed by atoms with Gasteiger partial charge in [-0.1, -0.05) is 52.0 Å². The van der Waals surface area contributed by atoms with Gasteiger partial charge in [-0.15, -0.1) is 0 Å². The van der Waals surface area contributed by atoms with Gasteiger partial charge in [0.05, 0.1) is 6.04 Å². The first-order valence-corrected chi connectivity index (χ1v) is 10.3. The molecular formula is C24H32F2N2O. The van der Waals surface area contributed by atoms with Crippen molar-refractivity contribution in [3.05, 3.63) is 71.3 Å². The largest absolute Gasteiger partial charge is 0.355 e. The quantitative estimate of drug-likeness (QED) is 0.548. The SMILES string of the molecule is CC(C)N[C@H](C(=O)NCCCC(c1ccc(F)cc1)c1ccc(F)cc1)C(C)C. The van der Waals surface area contributed by atoms with Gasteiger partial charge in [0.15, 0.2) is 0 Å². The fraction of sp³-hybridized carbons (Fsp3) is 0.458. The van der Waals surface area contributed by atoms with Gasteiger partial charge in [0.1, 0.15) is 11.6 Å². The summed E-state index contributed by atoms with van der Waals surface area (Å²) in [5.74, 6) is -0.340. The Bertz CT molecular complexity index is 712. The van der Waals surface area contributed by atoms with E-state index in [4.69, 9.17) is 0 Å². The Hall–Kier alpha value is -2.27. The molecule has 0 saturated heterocycles. The van der Waals surface area contributed by atoms with Crippen molar-refractivity contribution in [1.82, 2.24) is 10.6 Å². The summed E-state index contributed by atoms with van der Waals surface area (Å²) in [6.07, 6.45) is 1.53. The Morgan fingerprint density at radius 2 is 1.34 bits per heavy atom. The van der Waals surface area contributed by atoms with Crippen LogP contribution in [0.5, 0.6) is 0 Å². The number of benzene rings is 2. The number of rotatable bonds is 10. The van der Waals surface area contributed by atoms with Gasteiger partial charge in [-0.3, -0.25) is 4.79 Å². The lowest BCUT2D eigenvalue weighted by molar-refractivity contribution is -0.124. The first kappa shape index (κ1) is 23.0. The van der Waals surface area contributed by atoms with E-state index in [0.29, 0.717) is 6.54 Å². The third-order valence-electron chi connectivity index (χ3n) is 4.98. The standard InChI is InChI=1S/C24H32F2N2O/c1-16(2)23(28-17(3)4)24(29)27-15-5-6-22(18-7-11-20(25)12-8-18)19-9-13-21(26)14-10-19/h7-14,16-17,22-23,28H,5-6,15H2,1-4H3,(H,27,29)/t23-/m0/s1. The average Bonchev–Trinajstić information content (AvgIpc) is 2.67. The summed E-state index contributed by atoms with van der Waals surface area (Å²) in [7, 11) is 0. The molecule has 3 nitrogen and oxygen atoms in total. The predicted octanol–water partition coefficient (Wildman–Crippen LogP) is 5.02. The van der Waals surface area contributed by atoms with Crippen LogP contribution in [-0.4, -0.2) is 24.5 Å². The highest BCUT2D eigenvalue weighted by molar-refractivity contribution is 5.82. The van der Waals surface area contributed by atoms with Crippen LogP contribution in [0.2, 0.25) is 0 Å². The van der Waals surface area contributed by atoms with Crippen LogP contribution >= 0.6 is 0 Å². The molecule has 0 bridgehead atoms. The summed E-state index contributed by atoms with van der Waals surface area (Å²) >= 11 is 0. The van der Waals surface area contributed by atoms with Gasteiger partial charge in [0.2, 0.25) is 5.91 Å². The van der Waals surface area contributed by atoms with E-state index in [1.165, 1.54) is 24.3 Å². The summed E-state index contributed by atoms with van der Waals surface area (Å²) in [6, 6.07) is 12.8. The van der Waals surface area contributed by atoms with Crippen molar-refractivity contribution in [3.8, 4) is 0 Å². The molecule has 0 spiro atoms. The molecule has 0 aliphatic heterocycles. The van der Waals surface area contributed by atoms with Crippen LogP contribution in [0.4, 0.5) is 8.78 Å². The van der Waals surface area contributed by atoms with Crippen LogP contribution in [0.15, 0.2) is 48.5 Å². The maximum absolute atomic E-state index is 13.3. The highest BCUT2D eigenvalue weighted by Crippen LogP contribution is 2.29. The fourth-order valence-corrected chi connectivity index (χ4v) is 3.47. The molecule has 0 aliphatic rings. The maximum Gasteiger partial charge on any atom is 0.237 e. The summed E-state index contributed by atoms with van der Waals surface area (Å²) in [6.45, 7) is 8.66. The van der Waals surface area contributed by atoms with Crippen LogP contribution in [-0.2, 0) is 4.79 Å². The minimum absolute atomic E-state index is 0.00816. The molecule has 2 aromatic carbocycles. The van der Waals surface area contributed by atoms with E-state index in [2.05, 4.69) is 10.6 Å². The molecule has 1 atom stereocenters. The van der Waals surface area contributed by atoms with Crippen molar-refractivity contribution >= 4 is 5.91 Å². The number of halogens is 2. The predicted molar refractivity (Wildman–Crippen MR) is 114 cm³/mol. The van der Waals surface area contributed by atoms with Crippen LogP contribution < -0.4 is 10.6 Å². The first-order chi connectivity index (χ1) is 13.8. The summed E-state index contributed by atoms with van der Waals surface area (Å²) in [4.78, 5) is 12.5. The lowest BCUT2D eigenvalue weighted by Gasteiger charge is -2.24. The normalized spacial score (nSPS) is 12.6. The molecule has 0 aromatic heterocycles. The van der Waals surface area contributed by atoms with Gasteiger partial charge >= 0.3 is 0 Å². The highest BCUT2D eigenvalue weighted by atomic mass is 19.1. The summed E-state index contributed by atoms with van der Waals surface area (Å²) < 4.78 is 26.7. The third kappa shape index (κ3) is 7.24. The zero-order valence-corrected chi connectivity index (χ0v) is 17.7. The fourth-order valence-electron chi connectivity index (χ4n) is 3.47. The topological polar surface area (TPSA) is 41.1 Å². The zero-order chi connectivity index (χ0) is 21.4. The lowest BCUT2D eigenvalue weighted by Crippen LogP contribution is -2.50. The molecule has 29 heavy (non-hydrogen) atoms. The smallest absolute Gasteiger partial charge is 0.237 e. The molecule has 0 heterocycles. The average molecular weight is 403 g/mol. The number of hydrogen-bond donors (Lipinski definition) is 2.